The summed E-state index contributed by atoms with van der Waals surface area (Å²) >= 11 is 0. The number of fused-ring (bicyclic) bond motifs is 1. The number of benzene rings is 2. The number of hydrogen-bond acceptors (Lipinski definition) is 13. The minimum atomic E-state index is -1.79. The van der Waals surface area contributed by atoms with Gasteiger partial charge < -0.3 is 54.4 Å². The maximum absolute atomic E-state index is 12.3. The topological polar surface area (TPSA) is 217 Å². The van der Waals surface area contributed by atoms with Crippen molar-refractivity contribution in [1.29, 1.82) is 0 Å². The molecule has 0 saturated carbocycles. The van der Waals surface area contributed by atoms with E-state index < -0.39 is 71.9 Å². The lowest BCUT2D eigenvalue weighted by Gasteiger charge is -2.39. The monoisotopic (exact) mass is 492 g/mol. The molecule has 1 fully saturated rings. The largest absolute Gasteiger partial charge is 0.504 e. The molecule has 186 valence electrons. The van der Waals surface area contributed by atoms with E-state index in [0.29, 0.717) is 5.39 Å². The fourth-order valence-corrected chi connectivity index (χ4v) is 3.42. The summed E-state index contributed by atoms with van der Waals surface area (Å²) in [6.07, 6.45) is -8.30. The summed E-state index contributed by atoms with van der Waals surface area (Å²) < 4.78 is 20.9. The van der Waals surface area contributed by atoms with Crippen LogP contribution in [0.4, 0.5) is 0 Å². The van der Waals surface area contributed by atoms with E-state index in [0.717, 1.165) is 24.3 Å². The highest BCUT2D eigenvalue weighted by Crippen LogP contribution is 2.36. The highest BCUT2D eigenvalue weighted by atomic mass is 16.7. The molecule has 0 spiro atoms. The van der Waals surface area contributed by atoms with Gasteiger partial charge in [-0.05, 0) is 24.3 Å². The molecule has 5 unspecified atom stereocenters. The van der Waals surface area contributed by atoms with E-state index in [1.165, 1.54) is 12.1 Å². The van der Waals surface area contributed by atoms with Gasteiger partial charge in [0.25, 0.3) is 0 Å². The van der Waals surface area contributed by atoms with Crippen molar-refractivity contribution in [3.05, 3.63) is 52.4 Å². The first kappa shape index (κ1) is 24.1. The molecule has 4 rings (SSSR count). The Morgan fingerprint density at radius 3 is 2.26 bits per heavy atom. The first-order chi connectivity index (χ1) is 16.5. The molecule has 1 aromatic heterocycles. The fraction of sp³-hybridized carbons (Fsp3) is 0.273. The molecule has 0 radical (unpaired) electrons. The van der Waals surface area contributed by atoms with Gasteiger partial charge in [0, 0.05) is 17.5 Å². The van der Waals surface area contributed by atoms with Crippen molar-refractivity contribution >= 4 is 16.9 Å². The zero-order valence-electron chi connectivity index (χ0n) is 17.6. The second kappa shape index (κ2) is 9.31. The Labute approximate surface area is 195 Å². The highest BCUT2D eigenvalue weighted by molar-refractivity contribution is 5.91. The van der Waals surface area contributed by atoms with Crippen LogP contribution in [-0.2, 0) is 9.47 Å². The van der Waals surface area contributed by atoms with Crippen molar-refractivity contribution in [2.75, 3.05) is 6.61 Å². The van der Waals surface area contributed by atoms with Crippen LogP contribution in [0, 0.1) is 0 Å². The Bertz CT molecular complexity index is 1290. The molecule has 0 bridgehead atoms. The van der Waals surface area contributed by atoms with E-state index in [9.17, 15) is 45.3 Å². The molecule has 0 amide bonds. The summed E-state index contributed by atoms with van der Waals surface area (Å²) in [5.74, 6) is -4.12. The number of carbonyl (C=O) groups is 1. The zero-order valence-corrected chi connectivity index (χ0v) is 17.6. The summed E-state index contributed by atoms with van der Waals surface area (Å²) in [6.45, 7) is -0.652. The number of aromatic hydroxyl groups is 4. The van der Waals surface area contributed by atoms with Gasteiger partial charge in [-0.3, -0.25) is 0 Å². The van der Waals surface area contributed by atoms with E-state index in [1.807, 2.05) is 0 Å². The zero-order chi connectivity index (χ0) is 25.4. The number of aliphatic hydroxyl groups excluding tert-OH is 3. The molecule has 1 aliphatic rings. The Morgan fingerprint density at radius 1 is 0.886 bits per heavy atom. The molecule has 1 saturated heterocycles. The average Bonchev–Trinajstić information content (AvgIpc) is 2.82. The standard InChI is InChI=1S/C22H20O13/c23-10-6-13-8(1-2-16(26)33-13)5-14(10)34-22-20(30)19(29)18(28)15(35-22)7-32-21(31)9-3-11(24)17(27)12(25)4-9/h1-6,15,18-20,22-25,27-30H,7H2. The molecule has 2 aromatic carbocycles. The Morgan fingerprint density at radius 2 is 1.57 bits per heavy atom. The van der Waals surface area contributed by atoms with Gasteiger partial charge in [0.2, 0.25) is 6.29 Å². The van der Waals surface area contributed by atoms with Crippen LogP contribution >= 0.6 is 0 Å². The molecule has 0 aliphatic carbocycles. The van der Waals surface area contributed by atoms with E-state index in [4.69, 9.17) is 18.6 Å². The third kappa shape index (κ3) is 4.79. The van der Waals surface area contributed by atoms with Gasteiger partial charge in [0.1, 0.15) is 36.6 Å². The van der Waals surface area contributed by atoms with Gasteiger partial charge in [0.15, 0.2) is 28.7 Å². The van der Waals surface area contributed by atoms with Crippen LogP contribution in [-0.4, -0.2) is 79.0 Å². The molecule has 3 aromatic rings. The highest BCUT2D eigenvalue weighted by Gasteiger charge is 2.45. The number of aliphatic hydroxyl groups is 3. The van der Waals surface area contributed by atoms with Gasteiger partial charge >= 0.3 is 11.6 Å². The molecule has 35 heavy (non-hydrogen) atoms. The second-order valence-corrected chi connectivity index (χ2v) is 7.71. The molecular formula is C22H20O13. The van der Waals surface area contributed by atoms with Crippen LogP contribution in [0.2, 0.25) is 0 Å². The summed E-state index contributed by atoms with van der Waals surface area (Å²) in [5, 5.41) is 69.7. The molecule has 13 nitrogen and oxygen atoms in total. The first-order valence-corrected chi connectivity index (χ1v) is 10.1. The average molecular weight is 492 g/mol. The number of carbonyl (C=O) groups excluding carboxylic acids is 1. The molecule has 13 heteroatoms. The maximum atomic E-state index is 12.3. The van der Waals surface area contributed by atoms with Gasteiger partial charge in [-0.2, -0.15) is 0 Å². The second-order valence-electron chi connectivity index (χ2n) is 7.71. The van der Waals surface area contributed by atoms with Crippen molar-refractivity contribution in [1.82, 2.24) is 0 Å². The van der Waals surface area contributed by atoms with Crippen LogP contribution in [0.1, 0.15) is 10.4 Å². The number of phenolic OH excluding ortho intramolecular Hbond substituents is 4. The molecular weight excluding hydrogens is 472 g/mol. The summed E-state index contributed by atoms with van der Waals surface area (Å²) in [7, 11) is 0. The van der Waals surface area contributed by atoms with Crippen molar-refractivity contribution in [2.45, 2.75) is 30.7 Å². The third-order valence-corrected chi connectivity index (χ3v) is 5.30. The lowest BCUT2D eigenvalue weighted by molar-refractivity contribution is -0.277. The van der Waals surface area contributed by atoms with Crippen LogP contribution < -0.4 is 10.4 Å². The Balaban J connectivity index is 1.49. The molecule has 1 aliphatic heterocycles. The number of esters is 1. The minimum absolute atomic E-state index is 0.0685. The molecule has 7 N–H and O–H groups in total. The lowest BCUT2D eigenvalue weighted by Crippen LogP contribution is -2.60. The number of rotatable bonds is 5. The van der Waals surface area contributed by atoms with Crippen LogP contribution in [0.3, 0.4) is 0 Å². The minimum Gasteiger partial charge on any atom is -0.504 e. The van der Waals surface area contributed by atoms with Crippen molar-refractivity contribution in [2.24, 2.45) is 0 Å². The van der Waals surface area contributed by atoms with Crippen LogP contribution in [0.15, 0.2) is 45.6 Å². The van der Waals surface area contributed by atoms with Gasteiger partial charge in [-0.1, -0.05) is 0 Å². The van der Waals surface area contributed by atoms with Gasteiger partial charge in [-0.15, -0.1) is 0 Å². The third-order valence-electron chi connectivity index (χ3n) is 5.30. The predicted octanol–water partition coefficient (Wildman–Crippen LogP) is -0.341. The quantitative estimate of drug-likeness (QED) is 0.138. The van der Waals surface area contributed by atoms with E-state index in [-0.39, 0.29) is 16.9 Å². The normalized spacial score (nSPS) is 24.3. The number of hydrogen-bond donors (Lipinski definition) is 7. The van der Waals surface area contributed by atoms with Crippen LogP contribution in [0.5, 0.6) is 28.7 Å². The maximum Gasteiger partial charge on any atom is 0.338 e. The molecule has 5 atom stereocenters. The van der Waals surface area contributed by atoms with Crippen molar-refractivity contribution in [3.8, 4) is 28.7 Å². The Kier molecular flexibility index (Phi) is 6.41. The number of ether oxygens (including phenoxy) is 3. The summed E-state index contributed by atoms with van der Waals surface area (Å²) in [5.41, 5.74) is -0.896. The summed E-state index contributed by atoms with van der Waals surface area (Å²) in [6, 6.07) is 6.63. The van der Waals surface area contributed by atoms with E-state index in [1.54, 1.807) is 0 Å². The number of phenols is 4. The first-order valence-electron chi connectivity index (χ1n) is 10.1. The van der Waals surface area contributed by atoms with Crippen molar-refractivity contribution in [3.63, 3.8) is 0 Å². The summed E-state index contributed by atoms with van der Waals surface area (Å²) in [4.78, 5) is 23.6. The van der Waals surface area contributed by atoms with E-state index in [2.05, 4.69) is 0 Å². The van der Waals surface area contributed by atoms with Gasteiger partial charge in [-0.25, -0.2) is 9.59 Å². The van der Waals surface area contributed by atoms with E-state index >= 15 is 0 Å². The predicted molar refractivity (Wildman–Crippen MR) is 113 cm³/mol. The smallest absolute Gasteiger partial charge is 0.338 e. The lowest BCUT2D eigenvalue weighted by atomic mass is 9.99. The SMILES string of the molecule is O=C(OCC1OC(Oc2cc3ccc(=O)oc3cc2O)C(O)C(O)C1O)c1cc(O)c(O)c(O)c1. The Hall–Kier alpha value is -4.04. The van der Waals surface area contributed by atoms with Crippen LogP contribution in [0.25, 0.3) is 11.0 Å². The fourth-order valence-electron chi connectivity index (χ4n) is 3.42. The molecule has 2 heterocycles. The van der Waals surface area contributed by atoms with Crippen molar-refractivity contribution < 1.29 is 59.2 Å². The van der Waals surface area contributed by atoms with Gasteiger partial charge in [0.05, 0.1) is 5.56 Å².